The van der Waals surface area contributed by atoms with Crippen molar-refractivity contribution in [3.8, 4) is 0 Å². The zero-order chi connectivity index (χ0) is 12.1. The van der Waals surface area contributed by atoms with Crippen LogP contribution >= 0.6 is 79.6 Å². The van der Waals surface area contributed by atoms with Gasteiger partial charge in [-0.1, -0.05) is 54.4 Å². The van der Waals surface area contributed by atoms with E-state index in [1.54, 1.807) is 0 Å². The van der Waals surface area contributed by atoms with Gasteiger partial charge in [-0.15, -0.1) is 0 Å². The van der Waals surface area contributed by atoms with Gasteiger partial charge in [0.2, 0.25) is 3.42 Å². The highest BCUT2D eigenvalue weighted by molar-refractivity contribution is 9.39. The van der Waals surface area contributed by atoms with Gasteiger partial charge >= 0.3 is 5.97 Å². The van der Waals surface area contributed by atoms with Crippen LogP contribution in [0.3, 0.4) is 0 Å². The Morgan fingerprint density at radius 2 is 1.73 bits per heavy atom. The first-order valence-electron chi connectivity index (χ1n) is 3.96. The van der Waals surface area contributed by atoms with Crippen LogP contribution in [-0.4, -0.2) is 11.5 Å². The minimum atomic E-state index is -0.816. The Labute approximate surface area is 131 Å². The molecule has 0 aliphatic carbocycles. The van der Waals surface area contributed by atoms with Gasteiger partial charge in [-0.05, 0) is 44.7 Å². The minimum Gasteiger partial charge on any atom is -0.434 e. The summed E-state index contributed by atoms with van der Waals surface area (Å²) in [5.41, 5.74) is 0. The van der Waals surface area contributed by atoms with E-state index < -0.39 is 9.39 Å². The summed E-state index contributed by atoms with van der Waals surface area (Å²) in [4.78, 5) is 11.0. The summed E-state index contributed by atoms with van der Waals surface area (Å²) in [6.07, 6.45) is 3.43. The Morgan fingerprint density at radius 1 is 1.20 bits per heavy atom. The summed E-state index contributed by atoms with van der Waals surface area (Å²) in [6, 6.07) is 0. The number of halogens is 5. The maximum atomic E-state index is 11.0. The van der Waals surface area contributed by atoms with Crippen LogP contribution in [0.4, 0.5) is 0 Å². The Bertz CT molecular complexity index is 234. The molecule has 0 aromatic heterocycles. The zero-order valence-electron chi connectivity index (χ0n) is 7.61. The summed E-state index contributed by atoms with van der Waals surface area (Å²) in [5, 5.41) is 0. The number of carbonyl (C=O) groups excluding carboxylic acids is 1. The van der Waals surface area contributed by atoms with Crippen molar-refractivity contribution in [2.45, 2.75) is 24.8 Å². The van der Waals surface area contributed by atoms with Gasteiger partial charge in [0.25, 0.3) is 0 Å². The van der Waals surface area contributed by atoms with Gasteiger partial charge in [0, 0.05) is 12.5 Å². The van der Waals surface area contributed by atoms with Gasteiger partial charge in [-0.3, -0.25) is 0 Å². The highest BCUT2D eigenvalue weighted by Crippen LogP contribution is 2.41. The molecule has 0 spiro atoms. The average molecular weight is 537 g/mol. The van der Waals surface area contributed by atoms with E-state index in [2.05, 4.69) is 86.2 Å². The lowest BCUT2D eigenvalue weighted by atomic mass is 10.3. The molecule has 2 nitrogen and oxygen atoms in total. The zero-order valence-corrected chi connectivity index (χ0v) is 15.5. The van der Waals surface area contributed by atoms with Crippen LogP contribution in [-0.2, 0) is 9.53 Å². The van der Waals surface area contributed by atoms with Gasteiger partial charge in [0.05, 0.1) is 0 Å². The first-order valence-corrected chi connectivity index (χ1v) is 7.93. The number of esters is 1. The minimum absolute atomic E-state index is 0.258. The molecular formula is C8H9Br5O2. The highest BCUT2D eigenvalue weighted by atomic mass is 80.0. The van der Waals surface area contributed by atoms with Crippen molar-refractivity contribution >= 4 is 85.6 Å². The largest absolute Gasteiger partial charge is 0.434 e. The fourth-order valence-corrected chi connectivity index (χ4v) is 2.46. The molecule has 0 unspecified atom stereocenters. The summed E-state index contributed by atoms with van der Waals surface area (Å²) in [6.45, 7) is 3.33. The molecule has 0 aromatic rings. The molecule has 0 N–H and O–H groups in total. The number of alkyl halides is 5. The number of rotatable bonds is 5. The van der Waals surface area contributed by atoms with E-state index >= 15 is 0 Å². The third-order valence-electron chi connectivity index (χ3n) is 1.34. The fraction of sp³-hybridized carbons (Fsp3) is 0.625. The van der Waals surface area contributed by atoms with Crippen molar-refractivity contribution in [2.75, 3.05) is 0 Å². The third-order valence-corrected chi connectivity index (χ3v) is 3.65. The van der Waals surface area contributed by atoms with Crippen LogP contribution < -0.4 is 0 Å². The topological polar surface area (TPSA) is 26.3 Å². The number of hydrogen-bond donors (Lipinski definition) is 0. The van der Waals surface area contributed by atoms with Crippen molar-refractivity contribution in [2.24, 2.45) is 0 Å². The van der Waals surface area contributed by atoms with Gasteiger partial charge in [0.1, 0.15) is 2.14 Å². The lowest BCUT2D eigenvalue weighted by Crippen LogP contribution is -2.20. The highest BCUT2D eigenvalue weighted by Gasteiger charge is 2.27. The number of carbonyl (C=O) groups is 1. The van der Waals surface area contributed by atoms with E-state index in [9.17, 15) is 4.79 Å². The molecule has 0 aliphatic heterocycles. The second kappa shape index (κ2) is 7.13. The Morgan fingerprint density at radius 3 is 2.13 bits per heavy atom. The SMILES string of the molecule is C=CC(=O)OC(Br)(Br)CCCC(Br)(Br)Br. The molecule has 0 saturated heterocycles. The molecule has 0 fully saturated rings. The molecule has 0 rings (SSSR count). The van der Waals surface area contributed by atoms with E-state index in [4.69, 9.17) is 4.74 Å². The van der Waals surface area contributed by atoms with Gasteiger partial charge in [0.15, 0.2) is 0 Å². The molecule has 0 aromatic carbocycles. The summed E-state index contributed by atoms with van der Waals surface area (Å²) < 4.78 is 3.96. The van der Waals surface area contributed by atoms with Crippen molar-refractivity contribution < 1.29 is 9.53 Å². The van der Waals surface area contributed by atoms with Crippen molar-refractivity contribution in [3.05, 3.63) is 12.7 Å². The maximum absolute atomic E-state index is 11.0. The third kappa shape index (κ3) is 10.5. The van der Waals surface area contributed by atoms with Crippen LogP contribution in [0, 0.1) is 0 Å². The molecule has 0 bridgehead atoms. The normalized spacial score (nSPS) is 12.3. The second-order valence-electron chi connectivity index (χ2n) is 2.73. The van der Waals surface area contributed by atoms with Crippen molar-refractivity contribution in [1.29, 1.82) is 0 Å². The average Bonchev–Trinajstić information content (AvgIpc) is 2.00. The maximum Gasteiger partial charge on any atom is 0.332 e. The van der Waals surface area contributed by atoms with Crippen LogP contribution in [0.5, 0.6) is 0 Å². The standard InChI is InChI=1S/C8H9Br5O2/c1-2-6(14)15-8(12,13)5-3-4-7(9,10)11/h2H,1,3-5H2. The molecule has 0 heterocycles. The van der Waals surface area contributed by atoms with Gasteiger partial charge in [-0.2, -0.15) is 0 Å². The lowest BCUT2D eigenvalue weighted by molar-refractivity contribution is -0.140. The lowest BCUT2D eigenvalue weighted by Gasteiger charge is -2.21. The molecule has 7 heteroatoms. The molecule has 0 aliphatic rings. The van der Waals surface area contributed by atoms with Crippen LogP contribution in [0.15, 0.2) is 12.7 Å². The molecular weight excluding hydrogens is 528 g/mol. The quantitative estimate of drug-likeness (QED) is 0.275. The van der Waals surface area contributed by atoms with E-state index in [1.165, 1.54) is 0 Å². The molecule has 15 heavy (non-hydrogen) atoms. The monoisotopic (exact) mass is 532 g/mol. The van der Waals surface area contributed by atoms with E-state index in [0.29, 0.717) is 6.42 Å². The molecule has 0 amide bonds. The van der Waals surface area contributed by atoms with Crippen molar-refractivity contribution in [3.63, 3.8) is 0 Å². The van der Waals surface area contributed by atoms with Gasteiger partial charge < -0.3 is 4.74 Å². The first-order chi connectivity index (χ1) is 6.66. The van der Waals surface area contributed by atoms with E-state index in [1.807, 2.05) is 0 Å². The predicted molar refractivity (Wildman–Crippen MR) is 80.2 cm³/mol. The van der Waals surface area contributed by atoms with Crippen molar-refractivity contribution in [1.82, 2.24) is 0 Å². The Kier molecular flexibility index (Phi) is 7.90. The summed E-state index contributed by atoms with van der Waals surface area (Å²) >= 11 is 16.7. The molecule has 0 atom stereocenters. The second-order valence-corrected chi connectivity index (χ2v) is 13.6. The van der Waals surface area contributed by atoms with Crippen LogP contribution in [0.1, 0.15) is 19.3 Å². The summed E-state index contributed by atoms with van der Waals surface area (Å²) in [5.74, 6) is -0.466. The van der Waals surface area contributed by atoms with E-state index in [0.717, 1.165) is 18.9 Å². The number of hydrogen-bond acceptors (Lipinski definition) is 2. The van der Waals surface area contributed by atoms with Gasteiger partial charge in [-0.25, -0.2) is 4.79 Å². The predicted octanol–water partition coefficient (Wildman–Crippen LogP) is 5.17. The smallest absolute Gasteiger partial charge is 0.332 e. The Hall–Kier alpha value is 1.61. The van der Waals surface area contributed by atoms with Crippen LogP contribution in [0.2, 0.25) is 0 Å². The first kappa shape index (κ1) is 16.6. The summed E-state index contributed by atoms with van der Waals surface area (Å²) in [7, 11) is 0. The van der Waals surface area contributed by atoms with Crippen LogP contribution in [0.25, 0.3) is 0 Å². The Balaban J connectivity index is 3.94. The van der Waals surface area contributed by atoms with E-state index in [-0.39, 0.29) is 2.14 Å². The number of ether oxygens (including phenoxy) is 1. The molecule has 88 valence electrons. The fourth-order valence-electron chi connectivity index (χ4n) is 0.735. The molecule has 0 saturated carbocycles. The molecule has 0 radical (unpaired) electrons.